The summed E-state index contributed by atoms with van der Waals surface area (Å²) in [6.45, 7) is 1.86. The standard InChI is InChI=1S/C12H20N2O2/c15-10-9-13-7-4-8-14(12(13)16)11-5-2-1-3-6-11/h10-11H,1-9H2. The van der Waals surface area contributed by atoms with E-state index in [1.54, 1.807) is 4.90 Å². The van der Waals surface area contributed by atoms with E-state index in [2.05, 4.69) is 0 Å². The summed E-state index contributed by atoms with van der Waals surface area (Å²) in [7, 11) is 0. The van der Waals surface area contributed by atoms with Gasteiger partial charge in [-0.1, -0.05) is 19.3 Å². The molecule has 0 aromatic carbocycles. The molecule has 2 fully saturated rings. The maximum Gasteiger partial charge on any atom is 0.320 e. The molecule has 0 aromatic heterocycles. The fourth-order valence-electron chi connectivity index (χ4n) is 2.80. The Morgan fingerprint density at radius 2 is 1.88 bits per heavy atom. The Hall–Kier alpha value is -1.06. The van der Waals surface area contributed by atoms with Crippen molar-refractivity contribution in [1.82, 2.24) is 9.80 Å². The fraction of sp³-hybridized carbons (Fsp3) is 0.833. The highest BCUT2D eigenvalue weighted by molar-refractivity contribution is 5.78. The van der Waals surface area contributed by atoms with Gasteiger partial charge in [0.2, 0.25) is 0 Å². The van der Waals surface area contributed by atoms with Gasteiger partial charge in [-0.3, -0.25) is 0 Å². The molecule has 0 spiro atoms. The Labute approximate surface area is 96.6 Å². The molecule has 0 aromatic rings. The summed E-state index contributed by atoms with van der Waals surface area (Å²) < 4.78 is 0. The Morgan fingerprint density at radius 1 is 1.12 bits per heavy atom. The number of carbonyl (C=O) groups is 2. The van der Waals surface area contributed by atoms with E-state index in [1.165, 1.54) is 19.3 Å². The molecule has 16 heavy (non-hydrogen) atoms. The average Bonchev–Trinajstić information content (AvgIpc) is 2.33. The molecule has 2 rings (SSSR count). The lowest BCUT2D eigenvalue weighted by Crippen LogP contribution is -2.54. The van der Waals surface area contributed by atoms with E-state index in [4.69, 9.17) is 0 Å². The van der Waals surface area contributed by atoms with Crippen molar-refractivity contribution in [3.05, 3.63) is 0 Å². The number of aldehydes is 1. The minimum atomic E-state index is 0.0743. The Balaban J connectivity index is 1.97. The van der Waals surface area contributed by atoms with Crippen molar-refractivity contribution in [2.75, 3.05) is 19.6 Å². The van der Waals surface area contributed by atoms with Gasteiger partial charge in [0.05, 0.1) is 6.54 Å². The van der Waals surface area contributed by atoms with Crippen molar-refractivity contribution in [3.8, 4) is 0 Å². The van der Waals surface area contributed by atoms with E-state index in [9.17, 15) is 9.59 Å². The van der Waals surface area contributed by atoms with E-state index < -0.39 is 0 Å². The van der Waals surface area contributed by atoms with Crippen LogP contribution >= 0.6 is 0 Å². The van der Waals surface area contributed by atoms with E-state index in [0.717, 1.165) is 38.6 Å². The lowest BCUT2D eigenvalue weighted by Gasteiger charge is -2.41. The van der Waals surface area contributed by atoms with Gasteiger partial charge in [-0.15, -0.1) is 0 Å². The Kier molecular flexibility index (Phi) is 3.80. The molecule has 1 heterocycles. The van der Waals surface area contributed by atoms with Crippen LogP contribution < -0.4 is 0 Å². The molecule has 90 valence electrons. The predicted molar refractivity (Wildman–Crippen MR) is 61.2 cm³/mol. The fourth-order valence-corrected chi connectivity index (χ4v) is 2.80. The van der Waals surface area contributed by atoms with Crippen LogP contribution in [0.25, 0.3) is 0 Å². The first-order valence-corrected chi connectivity index (χ1v) is 6.32. The molecule has 1 saturated carbocycles. The third-order valence-electron chi connectivity index (χ3n) is 3.65. The zero-order valence-electron chi connectivity index (χ0n) is 9.73. The van der Waals surface area contributed by atoms with Crippen molar-refractivity contribution in [3.63, 3.8) is 0 Å². The largest absolute Gasteiger partial charge is 0.322 e. The molecule has 1 aliphatic heterocycles. The smallest absolute Gasteiger partial charge is 0.320 e. The zero-order chi connectivity index (χ0) is 11.4. The third-order valence-corrected chi connectivity index (χ3v) is 3.65. The Morgan fingerprint density at radius 3 is 2.56 bits per heavy atom. The highest BCUT2D eigenvalue weighted by Gasteiger charge is 2.31. The van der Waals surface area contributed by atoms with Crippen molar-refractivity contribution >= 4 is 12.3 Å². The highest BCUT2D eigenvalue weighted by Crippen LogP contribution is 2.25. The van der Waals surface area contributed by atoms with Crippen LogP contribution in [0, 0.1) is 0 Å². The van der Waals surface area contributed by atoms with Gasteiger partial charge >= 0.3 is 6.03 Å². The van der Waals surface area contributed by atoms with Crippen LogP contribution in [0.2, 0.25) is 0 Å². The van der Waals surface area contributed by atoms with E-state index in [0.29, 0.717) is 6.04 Å². The van der Waals surface area contributed by atoms with Gasteiger partial charge in [0, 0.05) is 19.1 Å². The van der Waals surface area contributed by atoms with Gasteiger partial charge in [-0.2, -0.15) is 0 Å². The second kappa shape index (κ2) is 5.32. The number of carbonyl (C=O) groups excluding carboxylic acids is 2. The van der Waals surface area contributed by atoms with Gasteiger partial charge in [0.15, 0.2) is 0 Å². The molecule has 0 N–H and O–H groups in total. The van der Waals surface area contributed by atoms with E-state index >= 15 is 0 Å². The second-order valence-electron chi connectivity index (χ2n) is 4.73. The number of nitrogens with zero attached hydrogens (tertiary/aromatic N) is 2. The van der Waals surface area contributed by atoms with E-state index in [1.807, 2.05) is 4.90 Å². The molecule has 0 unspecified atom stereocenters. The van der Waals surface area contributed by atoms with Gasteiger partial charge in [-0.05, 0) is 19.3 Å². The number of amides is 2. The molecular weight excluding hydrogens is 204 g/mol. The molecular formula is C12H20N2O2. The van der Waals surface area contributed by atoms with Crippen LogP contribution in [0.1, 0.15) is 38.5 Å². The molecule has 1 aliphatic carbocycles. The minimum absolute atomic E-state index is 0.0743. The molecule has 2 aliphatic rings. The monoisotopic (exact) mass is 224 g/mol. The van der Waals surface area contributed by atoms with Crippen LogP contribution in [0.5, 0.6) is 0 Å². The van der Waals surface area contributed by atoms with Crippen LogP contribution in [0.3, 0.4) is 0 Å². The summed E-state index contributed by atoms with van der Waals surface area (Å²) in [6.07, 6.45) is 7.88. The number of hydrogen-bond acceptors (Lipinski definition) is 2. The maximum atomic E-state index is 12.1. The Bertz CT molecular complexity index is 262. The number of rotatable bonds is 3. The molecule has 4 heteroatoms. The number of hydrogen-bond donors (Lipinski definition) is 0. The second-order valence-corrected chi connectivity index (χ2v) is 4.73. The van der Waals surface area contributed by atoms with Crippen molar-refractivity contribution < 1.29 is 9.59 Å². The number of urea groups is 1. The lowest BCUT2D eigenvalue weighted by atomic mass is 9.94. The first-order valence-electron chi connectivity index (χ1n) is 6.32. The normalized spacial score (nSPS) is 23.6. The molecule has 2 amide bonds. The summed E-state index contributed by atoms with van der Waals surface area (Å²) in [6, 6.07) is 0.501. The van der Waals surface area contributed by atoms with Crippen molar-refractivity contribution in [2.24, 2.45) is 0 Å². The van der Waals surface area contributed by atoms with Crippen LogP contribution in [0.4, 0.5) is 4.79 Å². The van der Waals surface area contributed by atoms with Crippen molar-refractivity contribution in [1.29, 1.82) is 0 Å². The molecule has 4 nitrogen and oxygen atoms in total. The van der Waals surface area contributed by atoms with Gasteiger partial charge in [0.25, 0.3) is 0 Å². The highest BCUT2D eigenvalue weighted by atomic mass is 16.2. The summed E-state index contributed by atoms with van der Waals surface area (Å²) in [5, 5.41) is 0. The molecule has 1 saturated heterocycles. The summed E-state index contributed by atoms with van der Waals surface area (Å²) >= 11 is 0. The quantitative estimate of drug-likeness (QED) is 0.684. The lowest BCUT2D eigenvalue weighted by molar-refractivity contribution is -0.108. The third kappa shape index (κ3) is 2.36. The van der Waals surface area contributed by atoms with Gasteiger partial charge in [-0.25, -0.2) is 4.79 Å². The summed E-state index contributed by atoms with van der Waals surface area (Å²) in [5.74, 6) is 0. The molecule has 0 bridgehead atoms. The minimum Gasteiger partial charge on any atom is -0.322 e. The first kappa shape index (κ1) is 11.4. The summed E-state index contributed by atoms with van der Waals surface area (Å²) in [5.41, 5.74) is 0. The molecule has 0 atom stereocenters. The van der Waals surface area contributed by atoms with E-state index in [-0.39, 0.29) is 12.6 Å². The van der Waals surface area contributed by atoms with Gasteiger partial charge in [0.1, 0.15) is 6.29 Å². The topological polar surface area (TPSA) is 40.6 Å². The average molecular weight is 224 g/mol. The summed E-state index contributed by atoms with van der Waals surface area (Å²) in [4.78, 5) is 26.3. The maximum absolute atomic E-state index is 12.1. The van der Waals surface area contributed by atoms with Crippen LogP contribution in [0.15, 0.2) is 0 Å². The first-order chi connectivity index (χ1) is 7.83. The van der Waals surface area contributed by atoms with Crippen LogP contribution in [-0.4, -0.2) is 47.8 Å². The van der Waals surface area contributed by atoms with Crippen LogP contribution in [-0.2, 0) is 4.79 Å². The zero-order valence-corrected chi connectivity index (χ0v) is 9.73. The predicted octanol–water partition coefficient (Wildman–Crippen LogP) is 1.65. The SMILES string of the molecule is O=CCN1CCCN(C2CCCCC2)C1=O. The van der Waals surface area contributed by atoms with Gasteiger partial charge < -0.3 is 14.6 Å². The molecule has 0 radical (unpaired) electrons. The van der Waals surface area contributed by atoms with Crippen molar-refractivity contribution in [2.45, 2.75) is 44.6 Å².